The van der Waals surface area contributed by atoms with Gasteiger partial charge in [-0.3, -0.25) is 4.99 Å². The van der Waals surface area contributed by atoms with E-state index in [-0.39, 0.29) is 5.97 Å². The van der Waals surface area contributed by atoms with Crippen LogP contribution in [0.2, 0.25) is 0 Å². The molecule has 0 aliphatic heterocycles. The maximum Gasteiger partial charge on any atom is 0.341 e. The lowest BCUT2D eigenvalue weighted by Gasteiger charge is -2.10. The zero-order valence-electron chi connectivity index (χ0n) is 12.4. The third-order valence-corrected chi connectivity index (χ3v) is 3.06. The average molecular weight is 284 g/mol. The Kier molecular flexibility index (Phi) is 9.98. The van der Waals surface area contributed by atoms with E-state index < -0.39 is 0 Å². The second-order valence-corrected chi connectivity index (χ2v) is 4.77. The number of allylic oxidation sites excluding steroid dienone is 1. The average Bonchev–Trinajstić information content (AvgIpc) is 2.42. The number of rotatable bonds is 7. The molecular weight excluding hydrogens is 260 g/mol. The van der Waals surface area contributed by atoms with Gasteiger partial charge in [-0.1, -0.05) is 19.4 Å². The minimum absolute atomic E-state index is 0.350. The molecule has 0 radical (unpaired) electrons. The number of unbranched alkanes of at least 4 members (excludes halogenated alkanes) is 1. The second-order valence-electron chi connectivity index (χ2n) is 3.77. The summed E-state index contributed by atoms with van der Waals surface area (Å²) in [5.41, 5.74) is 1.23. The summed E-state index contributed by atoms with van der Waals surface area (Å²) in [7, 11) is 1.79. The van der Waals surface area contributed by atoms with E-state index in [2.05, 4.69) is 17.2 Å². The van der Waals surface area contributed by atoms with Gasteiger partial charge in [-0.2, -0.15) is 0 Å². The number of hydrogen-bond acceptors (Lipinski definition) is 5. The maximum atomic E-state index is 12.0. The maximum absolute atomic E-state index is 12.0. The number of hydrogen-bond donors (Lipinski definition) is 1. The molecule has 5 heteroatoms. The normalized spacial score (nSPS) is 13.4. The number of nitrogens with zero attached hydrogens (tertiary/aromatic N) is 1. The van der Waals surface area contributed by atoms with Crippen LogP contribution in [-0.2, 0) is 9.53 Å². The van der Waals surface area contributed by atoms with Gasteiger partial charge in [0.1, 0.15) is 5.57 Å². The van der Waals surface area contributed by atoms with Crippen LogP contribution < -0.4 is 5.32 Å². The molecule has 0 fully saturated rings. The Morgan fingerprint density at radius 1 is 1.42 bits per heavy atom. The first kappa shape index (κ1) is 17.8. The second kappa shape index (κ2) is 10.7. The molecule has 1 N–H and O–H groups in total. The van der Waals surface area contributed by atoms with Crippen molar-refractivity contribution in [2.75, 3.05) is 19.9 Å². The zero-order chi connectivity index (χ0) is 14.7. The van der Waals surface area contributed by atoms with Crippen LogP contribution in [0, 0.1) is 0 Å². The summed E-state index contributed by atoms with van der Waals surface area (Å²) in [5, 5.41) is 3.93. The van der Waals surface area contributed by atoms with Gasteiger partial charge in [-0.15, -0.1) is 11.8 Å². The third-order valence-electron chi connectivity index (χ3n) is 2.36. The summed E-state index contributed by atoms with van der Waals surface area (Å²) < 4.78 is 5.07. The molecule has 19 heavy (non-hydrogen) atoms. The number of carbonyl (C=O) groups is 1. The van der Waals surface area contributed by atoms with E-state index in [0.29, 0.717) is 12.2 Å². The van der Waals surface area contributed by atoms with Gasteiger partial charge < -0.3 is 10.1 Å². The third kappa shape index (κ3) is 7.06. The Balaban J connectivity index is 5.30. The van der Waals surface area contributed by atoms with Crippen molar-refractivity contribution >= 4 is 22.8 Å². The number of nitrogens with one attached hydrogen (secondary N) is 1. The molecule has 0 heterocycles. The summed E-state index contributed by atoms with van der Waals surface area (Å²) in [6, 6.07) is 0. The first-order valence-electron chi connectivity index (χ1n) is 6.44. The van der Waals surface area contributed by atoms with E-state index in [1.807, 2.05) is 19.3 Å². The van der Waals surface area contributed by atoms with E-state index in [1.165, 1.54) is 0 Å². The molecule has 0 saturated heterocycles. The fourth-order valence-electron chi connectivity index (χ4n) is 1.28. The predicted octanol–water partition coefficient (Wildman–Crippen LogP) is 3.12. The van der Waals surface area contributed by atoms with Gasteiger partial charge in [0.05, 0.1) is 11.7 Å². The van der Waals surface area contributed by atoms with Crippen molar-refractivity contribution in [2.45, 2.75) is 33.6 Å². The molecule has 0 aromatic heterocycles. The van der Waals surface area contributed by atoms with Crippen LogP contribution in [0.1, 0.15) is 33.6 Å². The Morgan fingerprint density at radius 3 is 2.58 bits per heavy atom. The van der Waals surface area contributed by atoms with Gasteiger partial charge in [-0.05, 0) is 26.5 Å². The van der Waals surface area contributed by atoms with Gasteiger partial charge in [0.25, 0.3) is 0 Å². The number of carbonyl (C=O) groups excluding carboxylic acids is 1. The molecule has 108 valence electrons. The van der Waals surface area contributed by atoms with Gasteiger partial charge in [0, 0.05) is 18.9 Å². The van der Waals surface area contributed by atoms with E-state index in [1.54, 1.807) is 31.9 Å². The Hall–Kier alpha value is -1.23. The Bertz CT molecular complexity index is 374. The molecule has 0 aliphatic rings. The molecule has 4 nitrogen and oxygen atoms in total. The fraction of sp³-hybridized carbons (Fsp3) is 0.571. The fourth-order valence-corrected chi connectivity index (χ4v) is 1.44. The highest BCUT2D eigenvalue weighted by Gasteiger charge is 2.14. The number of thioether (sulfide) groups is 1. The van der Waals surface area contributed by atoms with Gasteiger partial charge in [0.15, 0.2) is 0 Å². The molecule has 0 spiro atoms. The van der Waals surface area contributed by atoms with Crippen molar-refractivity contribution in [3.05, 3.63) is 23.5 Å². The molecular formula is C14H24N2O2S. The van der Waals surface area contributed by atoms with Crippen molar-refractivity contribution in [2.24, 2.45) is 4.99 Å². The van der Waals surface area contributed by atoms with Crippen LogP contribution in [-0.4, -0.2) is 30.9 Å². The van der Waals surface area contributed by atoms with E-state index >= 15 is 0 Å². The number of ether oxygens (including phenoxy) is 1. The van der Waals surface area contributed by atoms with Crippen LogP contribution in [0.25, 0.3) is 0 Å². The predicted molar refractivity (Wildman–Crippen MR) is 83.4 cm³/mol. The standard InChI is InChI=1S/C14H24N2O2S/c1-6-8-9-13(15-4)12(14(17)18-7-2)10-16-11(3)19-5/h9-10,15H,6-8H2,1-5H3/b12-10+,13-9-,16-11+. The van der Waals surface area contributed by atoms with Gasteiger partial charge >= 0.3 is 5.97 Å². The minimum Gasteiger partial charge on any atom is -0.462 e. The van der Waals surface area contributed by atoms with Gasteiger partial charge in [0.2, 0.25) is 0 Å². The first-order chi connectivity index (χ1) is 9.10. The highest BCUT2D eigenvalue weighted by atomic mass is 32.2. The Labute approximate surface area is 120 Å². The first-order valence-corrected chi connectivity index (χ1v) is 7.67. The van der Waals surface area contributed by atoms with E-state index in [9.17, 15) is 4.79 Å². The van der Waals surface area contributed by atoms with Gasteiger partial charge in [-0.25, -0.2) is 4.79 Å². The van der Waals surface area contributed by atoms with E-state index in [4.69, 9.17) is 4.74 Å². The quantitative estimate of drug-likeness (QED) is 0.256. The van der Waals surface area contributed by atoms with Crippen LogP contribution in [0.15, 0.2) is 28.5 Å². The Morgan fingerprint density at radius 2 is 2.11 bits per heavy atom. The van der Waals surface area contributed by atoms with Crippen molar-refractivity contribution in [1.82, 2.24) is 5.32 Å². The minimum atomic E-state index is -0.350. The highest BCUT2D eigenvalue weighted by molar-refractivity contribution is 8.13. The van der Waals surface area contributed by atoms with E-state index in [0.717, 1.165) is 23.6 Å². The lowest BCUT2D eigenvalue weighted by molar-refractivity contribution is -0.138. The van der Waals surface area contributed by atoms with Crippen LogP contribution in [0.3, 0.4) is 0 Å². The molecule has 0 amide bonds. The number of esters is 1. The zero-order valence-corrected chi connectivity index (χ0v) is 13.3. The van der Waals surface area contributed by atoms with Crippen molar-refractivity contribution in [1.29, 1.82) is 0 Å². The summed E-state index contributed by atoms with van der Waals surface area (Å²) >= 11 is 1.54. The van der Waals surface area contributed by atoms with Crippen LogP contribution in [0.4, 0.5) is 0 Å². The molecule has 0 unspecified atom stereocenters. The molecule has 0 aliphatic carbocycles. The smallest absolute Gasteiger partial charge is 0.341 e. The topological polar surface area (TPSA) is 50.7 Å². The van der Waals surface area contributed by atoms with Crippen molar-refractivity contribution in [3.63, 3.8) is 0 Å². The SMILES string of the molecule is CCC/C=C(NC)/C(=C\N=C(/C)SC)C(=O)OCC. The summed E-state index contributed by atoms with van der Waals surface area (Å²) in [5.74, 6) is -0.350. The van der Waals surface area contributed by atoms with Crippen LogP contribution in [0.5, 0.6) is 0 Å². The summed E-state index contributed by atoms with van der Waals surface area (Å²) in [6.07, 6.45) is 7.43. The highest BCUT2D eigenvalue weighted by Crippen LogP contribution is 2.12. The lowest BCUT2D eigenvalue weighted by Crippen LogP contribution is -2.17. The van der Waals surface area contributed by atoms with Crippen LogP contribution >= 0.6 is 11.8 Å². The molecule has 0 rings (SSSR count). The molecule has 0 aromatic rings. The summed E-state index contributed by atoms with van der Waals surface area (Å²) in [6.45, 7) is 6.14. The summed E-state index contributed by atoms with van der Waals surface area (Å²) in [4.78, 5) is 16.2. The van der Waals surface area contributed by atoms with Crippen molar-refractivity contribution in [3.8, 4) is 0 Å². The molecule has 0 bridgehead atoms. The number of likely N-dealkylation sites (N-methyl/N-ethyl adjacent to an activating group) is 1. The number of aliphatic imine (C=N–C) groups is 1. The molecule has 0 saturated carbocycles. The molecule has 0 aromatic carbocycles. The monoisotopic (exact) mass is 284 g/mol. The largest absolute Gasteiger partial charge is 0.462 e. The molecule has 0 atom stereocenters. The lowest BCUT2D eigenvalue weighted by atomic mass is 10.1. The van der Waals surface area contributed by atoms with Crippen molar-refractivity contribution < 1.29 is 9.53 Å².